The predicted molar refractivity (Wildman–Crippen MR) is 97.2 cm³/mol. The largest absolute Gasteiger partial charge is 0.494 e. The molecule has 1 atom stereocenters. The maximum Gasteiger partial charge on any atom is 0.296 e. The third-order valence-electron chi connectivity index (χ3n) is 4.40. The number of hydrogen-bond donors (Lipinski definition) is 5. The molecule has 1 aliphatic rings. The number of aromatic hydroxyl groups is 1. The highest BCUT2D eigenvalue weighted by Gasteiger charge is 2.34. The number of aliphatic hydroxyl groups is 1. The van der Waals surface area contributed by atoms with Crippen molar-refractivity contribution in [3.05, 3.63) is 47.5 Å². The molecule has 146 valence electrons. The van der Waals surface area contributed by atoms with Gasteiger partial charge >= 0.3 is 0 Å². The van der Waals surface area contributed by atoms with Gasteiger partial charge in [-0.25, -0.2) is 4.99 Å². The minimum absolute atomic E-state index is 0.0644. The van der Waals surface area contributed by atoms with Crippen molar-refractivity contribution in [1.82, 2.24) is 4.98 Å². The van der Waals surface area contributed by atoms with Crippen LogP contribution in [0.2, 0.25) is 0 Å². The maximum atomic E-state index is 11.6. The van der Waals surface area contributed by atoms with Gasteiger partial charge < -0.3 is 15.2 Å². The van der Waals surface area contributed by atoms with Crippen molar-refractivity contribution in [3.8, 4) is 5.88 Å². The van der Waals surface area contributed by atoms with E-state index in [0.29, 0.717) is 5.52 Å². The molecule has 10 nitrogen and oxygen atoms in total. The van der Waals surface area contributed by atoms with Crippen LogP contribution in [0, 0.1) is 0 Å². The fourth-order valence-corrected chi connectivity index (χ4v) is 4.35. The second-order valence-electron chi connectivity index (χ2n) is 6.10. The smallest absolute Gasteiger partial charge is 0.296 e. The Labute approximate surface area is 158 Å². The molecule has 0 bridgehead atoms. The Balaban J connectivity index is 1.99. The van der Waals surface area contributed by atoms with Crippen LogP contribution in [0.1, 0.15) is 17.2 Å². The molecule has 2 aromatic carbocycles. The van der Waals surface area contributed by atoms with Gasteiger partial charge in [-0.2, -0.15) is 16.8 Å². The van der Waals surface area contributed by atoms with Crippen LogP contribution in [0.25, 0.3) is 10.9 Å². The van der Waals surface area contributed by atoms with Crippen LogP contribution in [0.15, 0.2) is 51.2 Å². The average Bonchev–Trinajstić information content (AvgIpc) is 3.08. The van der Waals surface area contributed by atoms with Gasteiger partial charge in [0.25, 0.3) is 20.2 Å². The second-order valence-corrected chi connectivity index (χ2v) is 8.91. The molecule has 4 rings (SSSR count). The van der Waals surface area contributed by atoms with Gasteiger partial charge in [0, 0.05) is 16.5 Å². The van der Waals surface area contributed by atoms with Crippen LogP contribution in [0.5, 0.6) is 5.88 Å². The highest BCUT2D eigenvalue weighted by Crippen LogP contribution is 2.43. The van der Waals surface area contributed by atoms with E-state index in [9.17, 15) is 36.2 Å². The summed E-state index contributed by atoms with van der Waals surface area (Å²) in [4.78, 5) is 5.72. The topological polar surface area (TPSA) is 177 Å². The number of fused-ring (bicyclic) bond motifs is 2. The molecule has 0 fully saturated rings. The van der Waals surface area contributed by atoms with Crippen molar-refractivity contribution in [1.29, 1.82) is 0 Å². The minimum Gasteiger partial charge on any atom is -0.494 e. The fraction of sp³-hybridized carbons (Fsp3) is 0.0625. The number of aromatic amines is 1. The van der Waals surface area contributed by atoms with Gasteiger partial charge in [0.1, 0.15) is 11.0 Å². The van der Waals surface area contributed by atoms with E-state index in [1.807, 2.05) is 0 Å². The van der Waals surface area contributed by atoms with Crippen molar-refractivity contribution in [2.24, 2.45) is 4.99 Å². The van der Waals surface area contributed by atoms with E-state index in [0.717, 1.165) is 18.2 Å². The summed E-state index contributed by atoms with van der Waals surface area (Å²) in [7, 11) is -9.15. The standard InChI is InChI=1S/C16H12N2O8S2/c19-15-8-2-1-3-11(28(24,25)26)13(8)18-14(15)12-9-6-7(27(21,22)23)4-5-10(9)17-16(12)20/h1-6,15,17,19-20H,(H,21,22,23)(H,24,25,26). The number of benzene rings is 2. The van der Waals surface area contributed by atoms with Gasteiger partial charge in [0.15, 0.2) is 5.88 Å². The predicted octanol–water partition coefficient (Wildman–Crippen LogP) is 1.53. The van der Waals surface area contributed by atoms with E-state index in [4.69, 9.17) is 0 Å². The van der Waals surface area contributed by atoms with Crippen LogP contribution in [-0.4, -0.2) is 46.8 Å². The van der Waals surface area contributed by atoms with Crippen molar-refractivity contribution in [2.45, 2.75) is 15.9 Å². The molecular formula is C16H12N2O8S2. The molecule has 0 amide bonds. The highest BCUT2D eigenvalue weighted by atomic mass is 32.2. The minimum atomic E-state index is -4.62. The molecular weight excluding hydrogens is 412 g/mol. The van der Waals surface area contributed by atoms with Crippen molar-refractivity contribution in [2.75, 3.05) is 0 Å². The van der Waals surface area contributed by atoms with Crippen molar-refractivity contribution in [3.63, 3.8) is 0 Å². The first kappa shape index (κ1) is 18.6. The maximum absolute atomic E-state index is 11.6. The van der Waals surface area contributed by atoms with E-state index < -0.39 is 42.0 Å². The lowest BCUT2D eigenvalue weighted by molar-refractivity contribution is 0.251. The summed E-state index contributed by atoms with van der Waals surface area (Å²) in [6.07, 6.45) is -1.45. The number of H-pyrrole nitrogens is 1. The van der Waals surface area contributed by atoms with Crippen molar-refractivity contribution >= 4 is 42.5 Å². The Morgan fingerprint density at radius 1 is 1.00 bits per heavy atom. The molecule has 0 spiro atoms. The number of hydrogen-bond acceptors (Lipinski definition) is 7. The molecule has 3 aromatic rings. The molecule has 0 saturated heterocycles. The first-order valence-corrected chi connectivity index (χ1v) is 10.6. The summed E-state index contributed by atoms with van der Waals surface area (Å²) in [6.45, 7) is 0. The van der Waals surface area contributed by atoms with Crippen molar-refractivity contribution < 1.29 is 36.2 Å². The third-order valence-corrected chi connectivity index (χ3v) is 6.13. The van der Waals surface area contributed by atoms with Gasteiger partial charge in [-0.05, 0) is 24.3 Å². The molecule has 12 heteroatoms. The zero-order valence-corrected chi connectivity index (χ0v) is 15.4. The Hall–Kier alpha value is -2.77. The normalized spacial score (nSPS) is 17.0. The van der Waals surface area contributed by atoms with E-state index in [1.165, 1.54) is 18.2 Å². The summed E-state index contributed by atoms with van der Waals surface area (Å²) < 4.78 is 64.6. The highest BCUT2D eigenvalue weighted by molar-refractivity contribution is 7.86. The van der Waals surface area contributed by atoms with E-state index in [-0.39, 0.29) is 27.9 Å². The van der Waals surface area contributed by atoms with Crippen LogP contribution >= 0.6 is 0 Å². The van der Waals surface area contributed by atoms with Crippen LogP contribution in [0.4, 0.5) is 5.69 Å². The first-order chi connectivity index (χ1) is 13.0. The first-order valence-electron chi connectivity index (χ1n) is 7.68. The zero-order valence-electron chi connectivity index (χ0n) is 13.7. The SMILES string of the molecule is O=S(=O)(O)c1ccc2[nH]c(O)c(C3=Nc4c(cccc4S(=O)(=O)O)C3O)c2c1. The summed E-state index contributed by atoms with van der Waals surface area (Å²) in [6, 6.07) is 7.34. The summed E-state index contributed by atoms with van der Waals surface area (Å²) in [5, 5.41) is 21.0. The van der Waals surface area contributed by atoms with E-state index in [2.05, 4.69) is 9.98 Å². The fourth-order valence-electron chi connectivity index (χ4n) is 3.19. The molecule has 1 aliphatic heterocycles. The van der Waals surface area contributed by atoms with Crippen LogP contribution in [-0.2, 0) is 20.2 Å². The molecule has 5 N–H and O–H groups in total. The second kappa shape index (κ2) is 5.86. The average molecular weight is 424 g/mol. The van der Waals surface area contributed by atoms with Gasteiger partial charge in [0.05, 0.1) is 21.9 Å². The molecule has 1 unspecified atom stereocenters. The van der Waals surface area contributed by atoms with Gasteiger partial charge in [-0.1, -0.05) is 12.1 Å². The number of para-hydroxylation sites is 1. The monoisotopic (exact) mass is 424 g/mol. The molecule has 1 aromatic heterocycles. The molecule has 0 aliphatic carbocycles. The molecule has 28 heavy (non-hydrogen) atoms. The van der Waals surface area contributed by atoms with E-state index >= 15 is 0 Å². The summed E-state index contributed by atoms with van der Waals surface area (Å²) >= 11 is 0. The summed E-state index contributed by atoms with van der Waals surface area (Å²) in [5.74, 6) is -0.443. The molecule has 2 heterocycles. The lowest BCUT2D eigenvalue weighted by Crippen LogP contribution is -2.09. The molecule has 0 saturated carbocycles. The Kier molecular flexibility index (Phi) is 3.89. The molecule has 0 radical (unpaired) electrons. The number of aliphatic imine (C=N–C) groups is 1. The Morgan fingerprint density at radius 2 is 1.71 bits per heavy atom. The van der Waals surface area contributed by atoms with Gasteiger partial charge in [-0.3, -0.25) is 9.11 Å². The third kappa shape index (κ3) is 2.78. The lowest BCUT2D eigenvalue weighted by Gasteiger charge is -2.08. The van der Waals surface area contributed by atoms with Gasteiger partial charge in [-0.15, -0.1) is 0 Å². The Morgan fingerprint density at radius 3 is 2.36 bits per heavy atom. The quantitative estimate of drug-likeness (QED) is 0.393. The number of aromatic nitrogens is 1. The Bertz CT molecular complexity index is 1390. The van der Waals surface area contributed by atoms with Crippen LogP contribution in [0.3, 0.4) is 0 Å². The van der Waals surface area contributed by atoms with Crippen LogP contribution < -0.4 is 0 Å². The number of nitrogens with zero attached hydrogens (tertiary/aromatic N) is 1. The number of aliphatic hydroxyl groups excluding tert-OH is 1. The number of nitrogens with one attached hydrogen (secondary N) is 1. The lowest BCUT2D eigenvalue weighted by atomic mass is 10.0. The van der Waals surface area contributed by atoms with Gasteiger partial charge in [0.2, 0.25) is 0 Å². The van der Waals surface area contributed by atoms with E-state index in [1.54, 1.807) is 0 Å². The summed E-state index contributed by atoms with van der Waals surface area (Å²) in [5.41, 5.74) is -0.0226. The number of rotatable bonds is 3. The zero-order chi connectivity index (χ0) is 20.4.